The van der Waals surface area contributed by atoms with E-state index in [1.165, 1.54) is 25.9 Å². The van der Waals surface area contributed by atoms with Crippen LogP contribution < -0.4 is 4.74 Å². The van der Waals surface area contributed by atoms with E-state index in [-0.39, 0.29) is 0 Å². The quantitative estimate of drug-likeness (QED) is 0.740. The molecule has 4 heterocycles. The highest BCUT2D eigenvalue weighted by Gasteiger charge is 2.35. The average Bonchev–Trinajstić information content (AvgIpc) is 2.72. The second-order valence-electron chi connectivity index (χ2n) is 4.25. The number of fused-ring (bicyclic) bond motifs is 3. The van der Waals surface area contributed by atoms with Crippen molar-refractivity contribution in [3.8, 4) is 5.75 Å². The molecule has 1 aromatic rings. The lowest BCUT2D eigenvalue weighted by Crippen LogP contribution is -2.52. The van der Waals surface area contributed by atoms with Crippen molar-refractivity contribution in [3.05, 3.63) is 16.8 Å². The van der Waals surface area contributed by atoms with Gasteiger partial charge in [0.2, 0.25) is 0 Å². The molecule has 1 atom stereocenters. The van der Waals surface area contributed by atoms with E-state index in [1.54, 1.807) is 11.3 Å². The van der Waals surface area contributed by atoms with Crippen molar-refractivity contribution in [1.29, 1.82) is 0 Å². The molecule has 3 heteroatoms. The molecule has 2 nitrogen and oxygen atoms in total. The van der Waals surface area contributed by atoms with Gasteiger partial charge in [0, 0.05) is 11.9 Å². The molecule has 0 aliphatic carbocycles. The molecule has 3 aliphatic heterocycles. The van der Waals surface area contributed by atoms with E-state index >= 15 is 0 Å². The lowest BCUT2D eigenvalue weighted by molar-refractivity contribution is -0.00754. The van der Waals surface area contributed by atoms with E-state index in [2.05, 4.69) is 21.7 Å². The maximum atomic E-state index is 6.00. The zero-order chi connectivity index (χ0) is 9.38. The van der Waals surface area contributed by atoms with Crippen LogP contribution in [0.25, 0.3) is 0 Å². The molecular weight excluding hydrogens is 194 g/mol. The second-order valence-corrected chi connectivity index (χ2v) is 5.03. The van der Waals surface area contributed by atoms with Gasteiger partial charge >= 0.3 is 0 Å². The third-order valence-electron chi connectivity index (χ3n) is 3.38. The minimum absolute atomic E-state index is 0.451. The third-order valence-corrected chi connectivity index (χ3v) is 4.04. The first-order valence-electron chi connectivity index (χ1n) is 5.33. The van der Waals surface area contributed by atoms with Crippen LogP contribution >= 0.6 is 11.3 Å². The molecule has 0 radical (unpaired) electrons. The molecule has 3 fully saturated rings. The zero-order valence-corrected chi connectivity index (χ0v) is 9.00. The van der Waals surface area contributed by atoms with Gasteiger partial charge in [-0.1, -0.05) is 0 Å². The summed E-state index contributed by atoms with van der Waals surface area (Å²) in [4.78, 5) is 2.52. The Labute approximate surface area is 88.5 Å². The number of piperidine rings is 3. The van der Waals surface area contributed by atoms with Crippen LogP contribution in [0.1, 0.15) is 12.8 Å². The standard InChI is InChI=1S/C11H15NOS/c1-4-12-5-2-9(1)11(7-12)13-10-3-6-14-8-10/h3,6,8-9,11H,1-2,4-5,7H2/t11-/m0/s1. The molecule has 3 saturated heterocycles. The molecule has 3 aliphatic rings. The SMILES string of the molecule is c1cc(O[C@H]2CN3CCC2CC3)cs1. The highest BCUT2D eigenvalue weighted by molar-refractivity contribution is 7.08. The zero-order valence-electron chi connectivity index (χ0n) is 8.19. The first-order chi connectivity index (χ1) is 6.92. The van der Waals surface area contributed by atoms with E-state index in [4.69, 9.17) is 4.74 Å². The highest BCUT2D eigenvalue weighted by Crippen LogP contribution is 2.31. The van der Waals surface area contributed by atoms with Gasteiger partial charge in [-0.15, -0.1) is 11.3 Å². The van der Waals surface area contributed by atoms with Gasteiger partial charge in [-0.3, -0.25) is 4.90 Å². The molecule has 0 spiro atoms. The summed E-state index contributed by atoms with van der Waals surface area (Å²) in [5.74, 6) is 1.87. The van der Waals surface area contributed by atoms with Crippen molar-refractivity contribution in [2.75, 3.05) is 19.6 Å². The molecule has 76 valence electrons. The monoisotopic (exact) mass is 209 g/mol. The van der Waals surface area contributed by atoms with Crippen molar-refractivity contribution in [1.82, 2.24) is 4.90 Å². The van der Waals surface area contributed by atoms with Crippen LogP contribution in [0, 0.1) is 5.92 Å². The molecule has 4 rings (SSSR count). The molecular formula is C11H15NOS. The van der Waals surface area contributed by atoms with Gasteiger partial charge in [0.05, 0.1) is 0 Å². The summed E-state index contributed by atoms with van der Waals surface area (Å²) >= 11 is 1.71. The van der Waals surface area contributed by atoms with Crippen molar-refractivity contribution >= 4 is 11.3 Å². The average molecular weight is 209 g/mol. The van der Waals surface area contributed by atoms with Crippen LogP contribution in [0.4, 0.5) is 0 Å². The predicted octanol–water partition coefficient (Wildman–Crippen LogP) is 2.22. The summed E-state index contributed by atoms with van der Waals surface area (Å²) in [6, 6.07) is 2.07. The summed E-state index contributed by atoms with van der Waals surface area (Å²) in [5.41, 5.74) is 0. The molecule has 1 aromatic heterocycles. The van der Waals surface area contributed by atoms with E-state index < -0.39 is 0 Å². The Balaban J connectivity index is 1.68. The van der Waals surface area contributed by atoms with Crippen molar-refractivity contribution < 1.29 is 4.74 Å². The van der Waals surface area contributed by atoms with Gasteiger partial charge in [0.25, 0.3) is 0 Å². The van der Waals surface area contributed by atoms with Crippen molar-refractivity contribution in [2.24, 2.45) is 5.92 Å². The second kappa shape index (κ2) is 3.55. The van der Waals surface area contributed by atoms with Crippen LogP contribution in [-0.2, 0) is 0 Å². The minimum Gasteiger partial charge on any atom is -0.488 e. The molecule has 0 amide bonds. The number of ether oxygens (including phenoxy) is 1. The number of thiophene rings is 1. The predicted molar refractivity (Wildman–Crippen MR) is 57.9 cm³/mol. The Morgan fingerprint density at radius 1 is 1.36 bits per heavy atom. The maximum Gasteiger partial charge on any atom is 0.130 e. The summed E-state index contributed by atoms with van der Waals surface area (Å²) < 4.78 is 6.00. The topological polar surface area (TPSA) is 12.5 Å². The fourth-order valence-corrected chi connectivity index (χ4v) is 3.10. The van der Waals surface area contributed by atoms with Crippen LogP contribution in [0.2, 0.25) is 0 Å². The van der Waals surface area contributed by atoms with E-state index in [0.29, 0.717) is 6.10 Å². The molecule has 0 saturated carbocycles. The molecule has 2 bridgehead atoms. The minimum atomic E-state index is 0.451. The fourth-order valence-electron chi connectivity index (χ4n) is 2.54. The van der Waals surface area contributed by atoms with Gasteiger partial charge < -0.3 is 4.74 Å². The van der Waals surface area contributed by atoms with E-state index in [0.717, 1.165) is 18.2 Å². The van der Waals surface area contributed by atoms with E-state index in [9.17, 15) is 0 Å². The fraction of sp³-hybridized carbons (Fsp3) is 0.636. The van der Waals surface area contributed by atoms with Crippen LogP contribution in [0.3, 0.4) is 0 Å². The Morgan fingerprint density at radius 3 is 2.79 bits per heavy atom. The van der Waals surface area contributed by atoms with Crippen LogP contribution in [0.15, 0.2) is 16.8 Å². The Hall–Kier alpha value is -0.540. The molecule has 0 unspecified atom stereocenters. The maximum absolute atomic E-state index is 6.00. The van der Waals surface area contributed by atoms with Gasteiger partial charge in [0.1, 0.15) is 11.9 Å². The van der Waals surface area contributed by atoms with Gasteiger partial charge in [-0.2, -0.15) is 0 Å². The van der Waals surface area contributed by atoms with Crippen molar-refractivity contribution in [2.45, 2.75) is 18.9 Å². The first-order valence-corrected chi connectivity index (χ1v) is 6.27. The summed E-state index contributed by atoms with van der Waals surface area (Å²) in [6.07, 6.45) is 3.11. The van der Waals surface area contributed by atoms with Crippen LogP contribution in [-0.4, -0.2) is 30.6 Å². The van der Waals surface area contributed by atoms with Crippen LogP contribution in [0.5, 0.6) is 5.75 Å². The highest BCUT2D eigenvalue weighted by atomic mass is 32.1. The van der Waals surface area contributed by atoms with E-state index in [1.807, 2.05) is 0 Å². The normalized spacial score (nSPS) is 35.9. The summed E-state index contributed by atoms with van der Waals surface area (Å²) in [5, 5.41) is 4.17. The number of rotatable bonds is 2. The summed E-state index contributed by atoms with van der Waals surface area (Å²) in [7, 11) is 0. The lowest BCUT2D eigenvalue weighted by Gasteiger charge is -2.44. The number of hydrogen-bond acceptors (Lipinski definition) is 3. The van der Waals surface area contributed by atoms with Gasteiger partial charge in [0.15, 0.2) is 0 Å². The lowest BCUT2D eigenvalue weighted by atomic mass is 9.86. The summed E-state index contributed by atoms with van der Waals surface area (Å²) in [6.45, 7) is 3.71. The first kappa shape index (κ1) is 8.74. The smallest absolute Gasteiger partial charge is 0.130 e. The van der Waals surface area contributed by atoms with Crippen molar-refractivity contribution in [3.63, 3.8) is 0 Å². The largest absolute Gasteiger partial charge is 0.488 e. The van der Waals surface area contributed by atoms with Gasteiger partial charge in [-0.05, 0) is 43.3 Å². The molecule has 0 aromatic carbocycles. The number of nitrogens with zero attached hydrogens (tertiary/aromatic N) is 1. The number of hydrogen-bond donors (Lipinski definition) is 0. The third kappa shape index (κ3) is 1.55. The Kier molecular flexibility index (Phi) is 2.22. The Morgan fingerprint density at radius 2 is 2.21 bits per heavy atom. The molecule has 14 heavy (non-hydrogen) atoms. The molecule has 0 N–H and O–H groups in total. The Bertz CT molecular complexity index is 290. The van der Waals surface area contributed by atoms with Gasteiger partial charge in [-0.25, -0.2) is 0 Å².